The van der Waals surface area contributed by atoms with Crippen molar-refractivity contribution in [1.29, 1.82) is 0 Å². The Balaban J connectivity index is 2.21. The molecule has 6 nitrogen and oxygen atoms in total. The SMILES string of the molecule is CC(C)n1nccc1NC(=O)c1cc(N)cn1C. The Bertz CT molecular complexity index is 567. The molecule has 0 radical (unpaired) electrons. The zero-order valence-corrected chi connectivity index (χ0v) is 10.7. The van der Waals surface area contributed by atoms with Gasteiger partial charge in [0.25, 0.3) is 5.91 Å². The first-order valence-corrected chi connectivity index (χ1v) is 5.75. The van der Waals surface area contributed by atoms with Crippen molar-refractivity contribution in [2.45, 2.75) is 19.9 Å². The lowest BCUT2D eigenvalue weighted by Crippen LogP contribution is -2.18. The zero-order valence-electron chi connectivity index (χ0n) is 10.7. The summed E-state index contributed by atoms with van der Waals surface area (Å²) in [6, 6.07) is 3.60. The van der Waals surface area contributed by atoms with Crippen LogP contribution in [0, 0.1) is 0 Å². The summed E-state index contributed by atoms with van der Waals surface area (Å²) in [6.45, 7) is 4.01. The van der Waals surface area contributed by atoms with E-state index >= 15 is 0 Å². The van der Waals surface area contributed by atoms with E-state index in [1.807, 2.05) is 13.8 Å². The maximum absolute atomic E-state index is 12.1. The van der Waals surface area contributed by atoms with E-state index in [-0.39, 0.29) is 11.9 Å². The topological polar surface area (TPSA) is 77.9 Å². The molecule has 0 fully saturated rings. The van der Waals surface area contributed by atoms with Crippen LogP contribution in [0.2, 0.25) is 0 Å². The van der Waals surface area contributed by atoms with Crippen molar-refractivity contribution in [3.05, 3.63) is 30.2 Å². The van der Waals surface area contributed by atoms with Crippen molar-refractivity contribution < 1.29 is 4.79 Å². The number of rotatable bonds is 3. The van der Waals surface area contributed by atoms with E-state index in [1.54, 1.807) is 40.8 Å². The standard InChI is InChI=1S/C12H17N5O/c1-8(2)17-11(4-5-14-17)15-12(18)10-6-9(13)7-16(10)3/h4-8H,13H2,1-3H3,(H,15,18). The van der Waals surface area contributed by atoms with Crippen molar-refractivity contribution in [2.75, 3.05) is 11.1 Å². The Morgan fingerprint density at radius 2 is 2.22 bits per heavy atom. The van der Waals surface area contributed by atoms with E-state index in [4.69, 9.17) is 5.73 Å². The van der Waals surface area contributed by atoms with Gasteiger partial charge in [-0.2, -0.15) is 5.10 Å². The number of amides is 1. The summed E-state index contributed by atoms with van der Waals surface area (Å²) in [5.41, 5.74) is 6.74. The minimum Gasteiger partial charge on any atom is -0.397 e. The highest BCUT2D eigenvalue weighted by Crippen LogP contribution is 2.15. The fourth-order valence-corrected chi connectivity index (χ4v) is 1.82. The number of nitrogens with two attached hydrogens (primary N) is 1. The molecule has 3 N–H and O–H groups in total. The first kappa shape index (κ1) is 12.2. The first-order valence-electron chi connectivity index (χ1n) is 5.75. The fraction of sp³-hybridized carbons (Fsp3) is 0.333. The Labute approximate surface area is 105 Å². The van der Waals surface area contributed by atoms with E-state index in [9.17, 15) is 4.79 Å². The van der Waals surface area contributed by atoms with Crippen LogP contribution in [0.15, 0.2) is 24.5 Å². The number of carbonyl (C=O) groups excluding carboxylic acids is 1. The molecule has 0 aromatic carbocycles. The molecular weight excluding hydrogens is 230 g/mol. The molecule has 2 aromatic heterocycles. The number of nitrogen functional groups attached to an aromatic ring is 1. The molecule has 0 aliphatic carbocycles. The minimum atomic E-state index is -0.198. The predicted molar refractivity (Wildman–Crippen MR) is 70.4 cm³/mol. The Kier molecular flexibility index (Phi) is 3.10. The summed E-state index contributed by atoms with van der Waals surface area (Å²) in [6.07, 6.45) is 3.36. The molecular formula is C12H17N5O. The second-order valence-corrected chi connectivity index (χ2v) is 4.48. The number of anilines is 2. The van der Waals surface area contributed by atoms with Crippen molar-refractivity contribution in [3.63, 3.8) is 0 Å². The molecule has 0 bridgehead atoms. The zero-order chi connectivity index (χ0) is 13.3. The van der Waals surface area contributed by atoms with E-state index in [0.29, 0.717) is 17.2 Å². The molecule has 0 atom stereocenters. The molecule has 0 spiro atoms. The average Bonchev–Trinajstić information content (AvgIpc) is 2.85. The van der Waals surface area contributed by atoms with E-state index in [2.05, 4.69) is 10.4 Å². The van der Waals surface area contributed by atoms with E-state index < -0.39 is 0 Å². The lowest BCUT2D eigenvalue weighted by Gasteiger charge is -2.11. The van der Waals surface area contributed by atoms with Gasteiger partial charge in [0, 0.05) is 25.4 Å². The van der Waals surface area contributed by atoms with Gasteiger partial charge in [-0.1, -0.05) is 0 Å². The van der Waals surface area contributed by atoms with Gasteiger partial charge < -0.3 is 15.6 Å². The molecule has 0 unspecified atom stereocenters. The third kappa shape index (κ3) is 2.22. The van der Waals surface area contributed by atoms with Gasteiger partial charge in [0.05, 0.1) is 11.9 Å². The maximum atomic E-state index is 12.1. The molecule has 2 aromatic rings. The quantitative estimate of drug-likeness (QED) is 0.865. The second kappa shape index (κ2) is 4.56. The van der Waals surface area contributed by atoms with Crippen LogP contribution in [-0.4, -0.2) is 20.3 Å². The molecule has 0 aliphatic rings. The van der Waals surface area contributed by atoms with E-state index in [0.717, 1.165) is 0 Å². The van der Waals surface area contributed by atoms with Crippen LogP contribution in [0.3, 0.4) is 0 Å². The highest BCUT2D eigenvalue weighted by molar-refractivity contribution is 6.03. The molecule has 6 heteroatoms. The maximum Gasteiger partial charge on any atom is 0.273 e. The lowest BCUT2D eigenvalue weighted by molar-refractivity contribution is 0.101. The van der Waals surface area contributed by atoms with E-state index in [1.165, 1.54) is 0 Å². The van der Waals surface area contributed by atoms with Gasteiger partial charge in [-0.3, -0.25) is 4.79 Å². The van der Waals surface area contributed by atoms with Crippen LogP contribution in [-0.2, 0) is 7.05 Å². The highest BCUT2D eigenvalue weighted by Gasteiger charge is 2.14. The average molecular weight is 247 g/mol. The number of nitrogens with zero attached hydrogens (tertiary/aromatic N) is 3. The molecule has 0 saturated carbocycles. The van der Waals surface area contributed by atoms with Gasteiger partial charge in [-0.15, -0.1) is 0 Å². The normalized spacial score (nSPS) is 10.9. The smallest absolute Gasteiger partial charge is 0.273 e. The second-order valence-electron chi connectivity index (χ2n) is 4.48. The minimum absolute atomic E-state index is 0.189. The van der Waals surface area contributed by atoms with Crippen molar-refractivity contribution in [3.8, 4) is 0 Å². The largest absolute Gasteiger partial charge is 0.397 e. The summed E-state index contributed by atoms with van der Waals surface area (Å²) in [7, 11) is 1.78. The van der Waals surface area contributed by atoms with Gasteiger partial charge in [0.15, 0.2) is 0 Å². The summed E-state index contributed by atoms with van der Waals surface area (Å²) in [5, 5.41) is 6.99. The molecule has 0 saturated heterocycles. The number of hydrogen-bond acceptors (Lipinski definition) is 3. The van der Waals surface area contributed by atoms with Crippen LogP contribution in [0.5, 0.6) is 0 Å². The van der Waals surface area contributed by atoms with Crippen LogP contribution >= 0.6 is 0 Å². The first-order chi connectivity index (χ1) is 8.49. The van der Waals surface area contributed by atoms with Crippen LogP contribution in [0.25, 0.3) is 0 Å². The molecule has 0 aliphatic heterocycles. The van der Waals surface area contributed by atoms with Crippen molar-refractivity contribution in [1.82, 2.24) is 14.3 Å². The van der Waals surface area contributed by atoms with Gasteiger partial charge in [-0.05, 0) is 19.9 Å². The third-order valence-electron chi connectivity index (χ3n) is 2.66. The summed E-state index contributed by atoms with van der Waals surface area (Å²) < 4.78 is 3.45. The highest BCUT2D eigenvalue weighted by atomic mass is 16.2. The summed E-state index contributed by atoms with van der Waals surface area (Å²) >= 11 is 0. The molecule has 18 heavy (non-hydrogen) atoms. The lowest BCUT2D eigenvalue weighted by atomic mass is 10.3. The van der Waals surface area contributed by atoms with Crippen LogP contribution in [0.1, 0.15) is 30.4 Å². The number of aromatic nitrogens is 3. The predicted octanol–water partition coefficient (Wildman–Crippen LogP) is 1.64. The summed E-state index contributed by atoms with van der Waals surface area (Å²) in [4.78, 5) is 12.1. The van der Waals surface area contributed by atoms with Crippen molar-refractivity contribution in [2.24, 2.45) is 7.05 Å². The molecule has 2 heterocycles. The summed E-state index contributed by atoms with van der Waals surface area (Å²) in [5.74, 6) is 0.478. The van der Waals surface area contributed by atoms with Crippen LogP contribution < -0.4 is 11.1 Å². The molecule has 2 rings (SSSR count). The number of nitrogens with one attached hydrogen (secondary N) is 1. The number of aryl methyl sites for hydroxylation is 1. The molecule has 96 valence electrons. The molecule has 1 amide bonds. The third-order valence-corrected chi connectivity index (χ3v) is 2.66. The Hall–Kier alpha value is -2.24. The Morgan fingerprint density at radius 1 is 1.50 bits per heavy atom. The fourth-order valence-electron chi connectivity index (χ4n) is 1.82. The van der Waals surface area contributed by atoms with Crippen LogP contribution in [0.4, 0.5) is 11.5 Å². The van der Waals surface area contributed by atoms with Gasteiger partial charge in [-0.25, -0.2) is 4.68 Å². The number of hydrogen-bond donors (Lipinski definition) is 2. The van der Waals surface area contributed by atoms with Gasteiger partial charge >= 0.3 is 0 Å². The number of carbonyl (C=O) groups is 1. The monoisotopic (exact) mass is 247 g/mol. The van der Waals surface area contributed by atoms with Crippen molar-refractivity contribution >= 4 is 17.4 Å². The Morgan fingerprint density at radius 3 is 2.78 bits per heavy atom. The van der Waals surface area contributed by atoms with Gasteiger partial charge in [0.1, 0.15) is 11.5 Å². The van der Waals surface area contributed by atoms with Gasteiger partial charge in [0.2, 0.25) is 0 Å².